The predicted molar refractivity (Wildman–Crippen MR) is 90.7 cm³/mol. The third-order valence-corrected chi connectivity index (χ3v) is 4.07. The predicted octanol–water partition coefficient (Wildman–Crippen LogP) is 1.76. The number of ether oxygens (including phenoxy) is 1. The maximum atomic E-state index is 10.9. The van der Waals surface area contributed by atoms with Crippen LogP contribution >= 0.6 is 0 Å². The Hall–Kier alpha value is 1.07. The van der Waals surface area contributed by atoms with Crippen LogP contribution in [0.4, 0.5) is 0 Å². The van der Waals surface area contributed by atoms with E-state index in [1.54, 1.807) is 0 Å². The molecule has 0 saturated heterocycles. The Bertz CT molecular complexity index is 245. The van der Waals surface area contributed by atoms with E-state index in [2.05, 4.69) is 6.92 Å². The van der Waals surface area contributed by atoms with E-state index < -0.39 is 12.1 Å². The quantitative estimate of drug-likeness (QED) is 0.242. The van der Waals surface area contributed by atoms with Crippen LogP contribution in [0.5, 0.6) is 0 Å². The Morgan fingerprint density at radius 1 is 0.783 bits per heavy atom. The molecule has 132 valence electrons. The van der Waals surface area contributed by atoms with Crippen molar-refractivity contribution in [2.24, 2.45) is 0 Å². The summed E-state index contributed by atoms with van der Waals surface area (Å²) in [6.07, 6.45) is 17.1. The van der Waals surface area contributed by atoms with Gasteiger partial charge in [0.25, 0.3) is 5.97 Å². The summed E-state index contributed by atoms with van der Waals surface area (Å²) in [5.41, 5.74) is 0. The van der Waals surface area contributed by atoms with Gasteiger partial charge in [-0.3, -0.25) is 4.79 Å². The molecule has 0 spiro atoms. The minimum Gasteiger partial charge on any atom is -0.844 e. The first-order valence-corrected chi connectivity index (χ1v) is 9.51. The van der Waals surface area contributed by atoms with Crippen LogP contribution in [0.25, 0.3) is 0 Å². The van der Waals surface area contributed by atoms with E-state index in [-0.39, 0.29) is 51.4 Å². The standard InChI is InChI=1S/C19H37O3.K/c1-3-4-5-6-7-8-9-10-11-12-13-14-15-16-17-22-19(21)18(2)20;/h18H,3-17H2,1-2H3;/q-1;+1. The van der Waals surface area contributed by atoms with Crippen LogP contribution in [-0.4, -0.2) is 18.7 Å². The summed E-state index contributed by atoms with van der Waals surface area (Å²) in [7, 11) is 0. The number of rotatable bonds is 16. The fourth-order valence-corrected chi connectivity index (χ4v) is 2.59. The number of esters is 1. The number of hydrogen-bond donors (Lipinski definition) is 0. The fraction of sp³-hybridized carbons (Fsp3) is 0.947. The molecule has 0 aliphatic carbocycles. The second kappa shape index (κ2) is 21.1. The molecule has 0 aliphatic heterocycles. The second-order valence-electron chi connectivity index (χ2n) is 6.41. The van der Waals surface area contributed by atoms with Gasteiger partial charge in [-0.2, -0.15) is 0 Å². The van der Waals surface area contributed by atoms with Crippen LogP contribution < -0.4 is 56.5 Å². The molecule has 23 heavy (non-hydrogen) atoms. The van der Waals surface area contributed by atoms with E-state index in [1.165, 1.54) is 84.0 Å². The van der Waals surface area contributed by atoms with Gasteiger partial charge in [0.15, 0.2) is 0 Å². The summed E-state index contributed by atoms with van der Waals surface area (Å²) in [6.45, 7) is 4.00. The van der Waals surface area contributed by atoms with Crippen molar-refractivity contribution < 1.29 is 66.0 Å². The van der Waals surface area contributed by atoms with Crippen molar-refractivity contribution in [3.63, 3.8) is 0 Å². The van der Waals surface area contributed by atoms with Crippen molar-refractivity contribution in [1.82, 2.24) is 0 Å². The van der Waals surface area contributed by atoms with E-state index in [4.69, 9.17) is 4.74 Å². The Balaban J connectivity index is 0. The molecule has 3 nitrogen and oxygen atoms in total. The summed E-state index contributed by atoms with van der Waals surface area (Å²) in [6, 6.07) is 0. The molecule has 0 heterocycles. The van der Waals surface area contributed by atoms with E-state index in [1.807, 2.05) is 0 Å². The Morgan fingerprint density at radius 3 is 1.48 bits per heavy atom. The summed E-state index contributed by atoms with van der Waals surface area (Å²) in [5, 5.41) is 10.7. The van der Waals surface area contributed by atoms with Crippen LogP contribution in [-0.2, 0) is 9.53 Å². The molecule has 0 bridgehead atoms. The first kappa shape index (κ1) is 26.3. The van der Waals surface area contributed by atoms with Gasteiger partial charge in [-0.05, 0) is 12.5 Å². The fourth-order valence-electron chi connectivity index (χ4n) is 2.59. The minimum absolute atomic E-state index is 0. The van der Waals surface area contributed by atoms with Gasteiger partial charge in [-0.1, -0.05) is 97.3 Å². The smallest absolute Gasteiger partial charge is 0.844 e. The van der Waals surface area contributed by atoms with Gasteiger partial charge in [-0.15, -0.1) is 0 Å². The maximum absolute atomic E-state index is 10.9. The van der Waals surface area contributed by atoms with Gasteiger partial charge in [0.05, 0.1) is 6.61 Å². The number of carbonyl (C=O) groups is 1. The molecule has 0 N–H and O–H groups in total. The van der Waals surface area contributed by atoms with Crippen molar-refractivity contribution in [2.75, 3.05) is 6.61 Å². The summed E-state index contributed by atoms with van der Waals surface area (Å²) in [5.74, 6) is -0.616. The average Bonchev–Trinajstić information content (AvgIpc) is 2.50. The van der Waals surface area contributed by atoms with Crippen molar-refractivity contribution in [3.05, 3.63) is 0 Å². The normalized spacial score (nSPS) is 11.8. The zero-order chi connectivity index (χ0) is 16.5. The first-order chi connectivity index (χ1) is 10.7. The van der Waals surface area contributed by atoms with Crippen LogP contribution in [0.3, 0.4) is 0 Å². The molecule has 0 saturated carbocycles. The van der Waals surface area contributed by atoms with Gasteiger partial charge >= 0.3 is 51.4 Å². The van der Waals surface area contributed by atoms with Crippen molar-refractivity contribution >= 4 is 5.97 Å². The van der Waals surface area contributed by atoms with E-state index >= 15 is 0 Å². The summed E-state index contributed by atoms with van der Waals surface area (Å²) in [4.78, 5) is 10.9. The van der Waals surface area contributed by atoms with Gasteiger partial charge < -0.3 is 9.84 Å². The zero-order valence-corrected chi connectivity index (χ0v) is 19.0. The third-order valence-electron chi connectivity index (χ3n) is 4.07. The first-order valence-electron chi connectivity index (χ1n) is 9.51. The molecule has 0 amide bonds. The molecule has 0 rings (SSSR count). The molecule has 0 fully saturated rings. The monoisotopic (exact) mass is 352 g/mol. The molecule has 0 radical (unpaired) electrons. The van der Waals surface area contributed by atoms with Gasteiger partial charge in [0.2, 0.25) is 0 Å². The topological polar surface area (TPSA) is 49.4 Å². The molecule has 1 unspecified atom stereocenters. The van der Waals surface area contributed by atoms with Crippen LogP contribution in [0, 0.1) is 0 Å². The molecule has 0 aromatic carbocycles. The SMILES string of the molecule is CCCCCCCCCCCCCCCCOC(=O)C(C)[O-].[K+]. The van der Waals surface area contributed by atoms with Crippen LogP contribution in [0.2, 0.25) is 0 Å². The van der Waals surface area contributed by atoms with Gasteiger partial charge in [0, 0.05) is 0 Å². The summed E-state index contributed by atoms with van der Waals surface area (Å²) < 4.78 is 4.86. The average molecular weight is 353 g/mol. The van der Waals surface area contributed by atoms with E-state index in [0.717, 1.165) is 12.8 Å². The van der Waals surface area contributed by atoms with Crippen molar-refractivity contribution in [3.8, 4) is 0 Å². The van der Waals surface area contributed by atoms with Crippen LogP contribution in [0.1, 0.15) is 104 Å². The van der Waals surface area contributed by atoms with Gasteiger partial charge in [0.1, 0.15) is 0 Å². The Kier molecular flexibility index (Phi) is 24.1. The van der Waals surface area contributed by atoms with E-state index in [0.29, 0.717) is 6.61 Å². The molecule has 0 aromatic rings. The van der Waals surface area contributed by atoms with Crippen molar-refractivity contribution in [1.29, 1.82) is 0 Å². The molecule has 1 atom stereocenters. The number of hydrogen-bond acceptors (Lipinski definition) is 3. The summed E-state index contributed by atoms with van der Waals surface area (Å²) >= 11 is 0. The number of carbonyl (C=O) groups excluding carboxylic acids is 1. The Morgan fingerprint density at radius 2 is 1.13 bits per heavy atom. The Labute approximate surface area is 186 Å². The number of unbranched alkanes of at least 4 members (excludes halogenated alkanes) is 13. The van der Waals surface area contributed by atoms with Crippen molar-refractivity contribution in [2.45, 2.75) is 110 Å². The molecule has 0 aliphatic rings. The molecule has 0 aromatic heterocycles. The maximum Gasteiger partial charge on any atom is 1.00 e. The second-order valence-corrected chi connectivity index (χ2v) is 6.41. The third kappa shape index (κ3) is 21.0. The molecular weight excluding hydrogens is 315 g/mol. The van der Waals surface area contributed by atoms with Gasteiger partial charge in [-0.25, -0.2) is 0 Å². The minimum atomic E-state index is -1.24. The van der Waals surface area contributed by atoms with Crippen LogP contribution in [0.15, 0.2) is 0 Å². The molecule has 4 heteroatoms. The van der Waals surface area contributed by atoms with E-state index in [9.17, 15) is 9.90 Å². The largest absolute Gasteiger partial charge is 1.00 e. The molecular formula is C19H37KO3. The zero-order valence-electron chi connectivity index (χ0n) is 15.9.